The van der Waals surface area contributed by atoms with Gasteiger partial charge >= 0.3 is 0 Å². The number of hydrogen-bond donors (Lipinski definition) is 0. The minimum atomic E-state index is -1.48. The van der Waals surface area contributed by atoms with Crippen molar-refractivity contribution in [3.63, 3.8) is 0 Å². The Morgan fingerprint density at radius 1 is 1.38 bits per heavy atom. The van der Waals surface area contributed by atoms with E-state index >= 15 is 0 Å². The standard InChI is InChI=1S/C10H20O2Si/c1-5-13(6-2,7-3)12-9(4)10-8-11-10/h10H,4-8H2,1-3H3. The summed E-state index contributed by atoms with van der Waals surface area (Å²) in [6.07, 6.45) is 0.205. The van der Waals surface area contributed by atoms with Crippen LogP contribution in [0.15, 0.2) is 12.3 Å². The molecule has 0 bridgehead atoms. The van der Waals surface area contributed by atoms with Gasteiger partial charge in [-0.2, -0.15) is 0 Å². The maximum absolute atomic E-state index is 6.03. The molecule has 0 aromatic carbocycles. The second-order valence-corrected chi connectivity index (χ2v) is 8.33. The first-order valence-corrected chi connectivity index (χ1v) is 7.69. The number of ether oxygens (including phenoxy) is 1. The van der Waals surface area contributed by atoms with Gasteiger partial charge in [0.2, 0.25) is 8.32 Å². The molecule has 1 unspecified atom stereocenters. The van der Waals surface area contributed by atoms with E-state index in [2.05, 4.69) is 27.4 Å². The van der Waals surface area contributed by atoms with Gasteiger partial charge in [-0.3, -0.25) is 0 Å². The molecule has 1 aliphatic heterocycles. The fraction of sp³-hybridized carbons (Fsp3) is 0.800. The summed E-state index contributed by atoms with van der Waals surface area (Å²) >= 11 is 0. The first-order chi connectivity index (χ1) is 6.17. The molecule has 3 heteroatoms. The molecule has 0 aromatic heterocycles. The summed E-state index contributed by atoms with van der Waals surface area (Å²) in [5.74, 6) is 0.872. The largest absolute Gasteiger partial charge is 0.545 e. The summed E-state index contributed by atoms with van der Waals surface area (Å²) in [6.45, 7) is 11.4. The molecule has 1 rings (SSSR count). The third-order valence-electron chi connectivity index (χ3n) is 2.97. The highest BCUT2D eigenvalue weighted by molar-refractivity contribution is 6.73. The van der Waals surface area contributed by atoms with Gasteiger partial charge in [-0.25, -0.2) is 0 Å². The van der Waals surface area contributed by atoms with Crippen LogP contribution in [0.3, 0.4) is 0 Å². The Bertz CT molecular complexity index is 175. The van der Waals surface area contributed by atoms with Crippen molar-refractivity contribution in [1.82, 2.24) is 0 Å². The molecule has 13 heavy (non-hydrogen) atoms. The Hall–Kier alpha value is -0.283. The van der Waals surface area contributed by atoms with Crippen LogP contribution in [0.5, 0.6) is 0 Å². The zero-order valence-corrected chi connectivity index (χ0v) is 9.93. The van der Waals surface area contributed by atoms with Gasteiger partial charge in [-0.1, -0.05) is 27.4 Å². The van der Waals surface area contributed by atoms with Crippen LogP contribution in [-0.2, 0) is 9.16 Å². The average Bonchev–Trinajstić information content (AvgIpc) is 2.97. The van der Waals surface area contributed by atoms with Gasteiger partial charge in [0.05, 0.1) is 6.61 Å². The lowest BCUT2D eigenvalue weighted by atomic mass is 10.4. The molecule has 1 fully saturated rings. The van der Waals surface area contributed by atoms with Gasteiger partial charge < -0.3 is 9.16 Å². The molecule has 0 radical (unpaired) electrons. The van der Waals surface area contributed by atoms with Gasteiger partial charge in [-0.15, -0.1) is 0 Å². The molecular formula is C10H20O2Si. The van der Waals surface area contributed by atoms with Gasteiger partial charge in [0.1, 0.15) is 11.9 Å². The van der Waals surface area contributed by atoms with Crippen LogP contribution < -0.4 is 0 Å². The zero-order valence-electron chi connectivity index (χ0n) is 8.93. The summed E-state index contributed by atoms with van der Waals surface area (Å²) in [7, 11) is -1.48. The van der Waals surface area contributed by atoms with Crippen molar-refractivity contribution in [3.05, 3.63) is 12.3 Å². The Morgan fingerprint density at radius 2 is 1.85 bits per heavy atom. The van der Waals surface area contributed by atoms with Crippen molar-refractivity contribution < 1.29 is 9.16 Å². The van der Waals surface area contributed by atoms with Gasteiger partial charge in [0.25, 0.3) is 0 Å². The zero-order chi connectivity index (χ0) is 9.90. The molecule has 1 aliphatic rings. The van der Waals surface area contributed by atoms with E-state index in [9.17, 15) is 0 Å². The van der Waals surface area contributed by atoms with E-state index in [0.29, 0.717) is 0 Å². The van der Waals surface area contributed by atoms with E-state index in [-0.39, 0.29) is 6.10 Å². The van der Waals surface area contributed by atoms with E-state index in [4.69, 9.17) is 9.16 Å². The minimum Gasteiger partial charge on any atom is -0.545 e. The predicted molar refractivity (Wildman–Crippen MR) is 57.2 cm³/mol. The second-order valence-electron chi connectivity index (χ2n) is 3.63. The van der Waals surface area contributed by atoms with Crippen LogP contribution in [0.2, 0.25) is 18.1 Å². The number of epoxide rings is 1. The molecule has 0 aliphatic carbocycles. The Labute approximate surface area is 82.1 Å². The highest BCUT2D eigenvalue weighted by Gasteiger charge is 2.36. The first-order valence-electron chi connectivity index (χ1n) is 5.17. The fourth-order valence-corrected chi connectivity index (χ4v) is 4.16. The van der Waals surface area contributed by atoms with Crippen LogP contribution in [0.25, 0.3) is 0 Å². The van der Waals surface area contributed by atoms with E-state index in [1.807, 2.05) is 0 Å². The van der Waals surface area contributed by atoms with Crippen molar-refractivity contribution >= 4 is 8.32 Å². The molecule has 76 valence electrons. The molecular weight excluding hydrogens is 180 g/mol. The maximum Gasteiger partial charge on any atom is 0.250 e. The lowest BCUT2D eigenvalue weighted by Crippen LogP contribution is -2.35. The molecule has 2 nitrogen and oxygen atoms in total. The fourth-order valence-electron chi connectivity index (χ4n) is 1.54. The van der Waals surface area contributed by atoms with Gasteiger partial charge in [0.15, 0.2) is 0 Å². The van der Waals surface area contributed by atoms with Gasteiger partial charge in [0, 0.05) is 0 Å². The molecule has 0 spiro atoms. The number of rotatable bonds is 6. The summed E-state index contributed by atoms with van der Waals surface area (Å²) in [5, 5.41) is 0. The molecule has 1 heterocycles. The van der Waals surface area contributed by atoms with E-state index in [1.54, 1.807) is 0 Å². The van der Waals surface area contributed by atoms with Crippen molar-refractivity contribution in [2.24, 2.45) is 0 Å². The predicted octanol–water partition coefficient (Wildman–Crippen LogP) is 2.92. The van der Waals surface area contributed by atoms with E-state index < -0.39 is 8.32 Å². The SMILES string of the molecule is C=C(O[Si](CC)(CC)CC)C1CO1. The quantitative estimate of drug-likeness (QED) is 0.373. The molecule has 1 saturated heterocycles. The van der Waals surface area contributed by atoms with Crippen LogP contribution >= 0.6 is 0 Å². The maximum atomic E-state index is 6.03. The third kappa shape index (κ3) is 2.58. The summed E-state index contributed by atoms with van der Waals surface area (Å²) in [4.78, 5) is 0. The van der Waals surface area contributed by atoms with Crippen molar-refractivity contribution in [2.75, 3.05) is 6.61 Å². The Morgan fingerprint density at radius 3 is 2.15 bits per heavy atom. The topological polar surface area (TPSA) is 21.8 Å². The van der Waals surface area contributed by atoms with Gasteiger partial charge in [-0.05, 0) is 18.1 Å². The van der Waals surface area contributed by atoms with Crippen molar-refractivity contribution in [1.29, 1.82) is 0 Å². The number of hydrogen-bond acceptors (Lipinski definition) is 2. The van der Waals surface area contributed by atoms with Crippen LogP contribution in [-0.4, -0.2) is 21.0 Å². The average molecular weight is 200 g/mol. The third-order valence-corrected chi connectivity index (χ3v) is 7.53. The minimum absolute atomic E-state index is 0.205. The molecule has 0 amide bonds. The lowest BCUT2D eigenvalue weighted by Gasteiger charge is -2.29. The Kier molecular flexibility index (Phi) is 3.56. The molecule has 1 atom stereocenters. The van der Waals surface area contributed by atoms with Crippen LogP contribution in [0, 0.1) is 0 Å². The normalized spacial score (nSPS) is 21.3. The molecule has 0 N–H and O–H groups in total. The highest BCUT2D eigenvalue weighted by Crippen LogP contribution is 2.28. The molecule has 0 aromatic rings. The smallest absolute Gasteiger partial charge is 0.250 e. The molecule has 0 saturated carbocycles. The van der Waals surface area contributed by atoms with Crippen LogP contribution in [0.4, 0.5) is 0 Å². The van der Waals surface area contributed by atoms with E-state index in [0.717, 1.165) is 12.4 Å². The summed E-state index contributed by atoms with van der Waals surface area (Å²) in [6, 6.07) is 3.52. The first kappa shape index (κ1) is 10.8. The second kappa shape index (κ2) is 4.29. The van der Waals surface area contributed by atoms with Crippen molar-refractivity contribution in [3.8, 4) is 0 Å². The van der Waals surface area contributed by atoms with Crippen LogP contribution in [0.1, 0.15) is 20.8 Å². The monoisotopic (exact) mass is 200 g/mol. The van der Waals surface area contributed by atoms with Crippen molar-refractivity contribution in [2.45, 2.75) is 45.0 Å². The summed E-state index contributed by atoms with van der Waals surface area (Å²) in [5.41, 5.74) is 0. The Balaban J connectivity index is 2.49. The summed E-state index contributed by atoms with van der Waals surface area (Å²) < 4.78 is 11.2. The highest BCUT2D eigenvalue weighted by atomic mass is 28.4. The lowest BCUT2D eigenvalue weighted by molar-refractivity contribution is 0.329. The van der Waals surface area contributed by atoms with E-state index in [1.165, 1.54) is 18.1 Å².